The molecule has 1 aliphatic heterocycles. The van der Waals surface area contributed by atoms with Crippen LogP contribution in [0.5, 0.6) is 0 Å². The number of rotatable bonds is 4. The normalized spacial score (nSPS) is 18.1. The molecule has 2 heterocycles. The number of carboxylic acid groups (broad SMARTS) is 1. The molecule has 2 rings (SSSR count). The van der Waals surface area contributed by atoms with E-state index in [0.29, 0.717) is 30.7 Å². The molecule has 7 nitrogen and oxygen atoms in total. The summed E-state index contributed by atoms with van der Waals surface area (Å²) in [5.74, 6) is -1.41. The quantitative estimate of drug-likeness (QED) is 0.895. The lowest BCUT2D eigenvalue weighted by Gasteiger charge is -2.32. The molecule has 7 heteroatoms. The minimum atomic E-state index is -0.879. The van der Waals surface area contributed by atoms with E-state index >= 15 is 0 Å². The molecular formula is C15H20N2O5. The maximum Gasteiger partial charge on any atom is 0.308 e. The third kappa shape index (κ3) is 3.47. The van der Waals surface area contributed by atoms with Crippen molar-refractivity contribution in [3.8, 4) is 0 Å². The highest BCUT2D eigenvalue weighted by atomic mass is 16.4. The Morgan fingerprint density at radius 2 is 2.18 bits per heavy atom. The van der Waals surface area contributed by atoms with Gasteiger partial charge in [-0.05, 0) is 25.8 Å². The highest BCUT2D eigenvalue weighted by Gasteiger charge is 2.29. The number of likely N-dealkylation sites (N-methyl/N-ethyl adjacent to an activating group) is 1. The molecule has 1 aromatic rings. The second-order valence-electron chi connectivity index (χ2n) is 5.57. The highest BCUT2D eigenvalue weighted by molar-refractivity contribution is 5.97. The van der Waals surface area contributed by atoms with E-state index in [2.05, 4.69) is 0 Å². The Labute approximate surface area is 128 Å². The van der Waals surface area contributed by atoms with E-state index in [1.165, 1.54) is 16.1 Å². The number of carbonyl (C=O) groups is 3. The van der Waals surface area contributed by atoms with Crippen LogP contribution in [0.15, 0.2) is 16.7 Å². The van der Waals surface area contributed by atoms with Gasteiger partial charge in [0, 0.05) is 20.1 Å². The van der Waals surface area contributed by atoms with Gasteiger partial charge in [0.05, 0.1) is 24.3 Å². The van der Waals surface area contributed by atoms with Crippen molar-refractivity contribution in [2.24, 2.45) is 5.92 Å². The number of carboxylic acids is 1. The van der Waals surface area contributed by atoms with Crippen LogP contribution in [0.3, 0.4) is 0 Å². The third-order valence-electron chi connectivity index (χ3n) is 3.93. The maximum absolute atomic E-state index is 12.3. The first-order chi connectivity index (χ1) is 10.4. The molecule has 0 bridgehead atoms. The number of aryl methyl sites for hydroxylation is 1. The summed E-state index contributed by atoms with van der Waals surface area (Å²) in [6, 6.07) is 1.57. The molecule has 0 spiro atoms. The lowest BCUT2D eigenvalue weighted by molar-refractivity contribution is -0.145. The monoisotopic (exact) mass is 308 g/mol. The Morgan fingerprint density at radius 1 is 1.45 bits per heavy atom. The number of carbonyl (C=O) groups excluding carboxylic acids is 2. The molecule has 0 aromatic carbocycles. The second-order valence-corrected chi connectivity index (χ2v) is 5.57. The largest absolute Gasteiger partial charge is 0.481 e. The van der Waals surface area contributed by atoms with Gasteiger partial charge in [-0.3, -0.25) is 14.4 Å². The third-order valence-corrected chi connectivity index (χ3v) is 3.93. The molecule has 1 aromatic heterocycles. The Hall–Kier alpha value is -2.31. The van der Waals surface area contributed by atoms with Gasteiger partial charge in [-0.25, -0.2) is 0 Å². The summed E-state index contributed by atoms with van der Waals surface area (Å²) in [5, 5.41) is 9.05. The zero-order valence-electron chi connectivity index (χ0n) is 12.7. The van der Waals surface area contributed by atoms with Crippen molar-refractivity contribution < 1.29 is 23.9 Å². The molecule has 120 valence electrons. The van der Waals surface area contributed by atoms with Crippen molar-refractivity contribution in [1.82, 2.24) is 9.80 Å². The fourth-order valence-corrected chi connectivity index (χ4v) is 2.59. The molecule has 0 aliphatic carbocycles. The van der Waals surface area contributed by atoms with Crippen LogP contribution in [0.2, 0.25) is 0 Å². The molecule has 22 heavy (non-hydrogen) atoms. The molecule has 2 amide bonds. The Balaban J connectivity index is 1.95. The molecular weight excluding hydrogens is 288 g/mol. The van der Waals surface area contributed by atoms with Crippen LogP contribution < -0.4 is 0 Å². The molecule has 1 fully saturated rings. The van der Waals surface area contributed by atoms with E-state index in [1.807, 2.05) is 0 Å². The van der Waals surface area contributed by atoms with Gasteiger partial charge in [0.1, 0.15) is 5.76 Å². The van der Waals surface area contributed by atoms with Crippen LogP contribution in [0.25, 0.3) is 0 Å². The molecule has 0 radical (unpaired) electrons. The first kappa shape index (κ1) is 16.1. The van der Waals surface area contributed by atoms with Crippen molar-refractivity contribution in [3.05, 3.63) is 23.7 Å². The number of nitrogens with zero attached hydrogens (tertiary/aromatic N) is 2. The van der Waals surface area contributed by atoms with Crippen molar-refractivity contribution in [3.63, 3.8) is 0 Å². The minimum Gasteiger partial charge on any atom is -0.481 e. The summed E-state index contributed by atoms with van der Waals surface area (Å²) in [7, 11) is 1.55. The van der Waals surface area contributed by atoms with Gasteiger partial charge in [0.25, 0.3) is 5.91 Å². The molecule has 1 saturated heterocycles. The zero-order valence-corrected chi connectivity index (χ0v) is 12.7. The van der Waals surface area contributed by atoms with Gasteiger partial charge < -0.3 is 19.3 Å². The lowest BCUT2D eigenvalue weighted by Crippen LogP contribution is -2.46. The summed E-state index contributed by atoms with van der Waals surface area (Å²) < 4.78 is 5.09. The SMILES string of the molecule is Cc1occc1C(=O)N(C)CC(=O)N1CCCC(C(=O)O)C1. The average molecular weight is 308 g/mol. The Kier molecular flexibility index (Phi) is 4.85. The van der Waals surface area contributed by atoms with Crippen LogP contribution >= 0.6 is 0 Å². The van der Waals surface area contributed by atoms with Crippen LogP contribution in [-0.2, 0) is 9.59 Å². The van der Waals surface area contributed by atoms with E-state index in [9.17, 15) is 14.4 Å². The predicted octanol–water partition coefficient (Wildman–Crippen LogP) is 0.983. The van der Waals surface area contributed by atoms with Crippen molar-refractivity contribution in [2.75, 3.05) is 26.7 Å². The number of hydrogen-bond donors (Lipinski definition) is 1. The minimum absolute atomic E-state index is 0.0736. The Morgan fingerprint density at radius 3 is 2.77 bits per heavy atom. The molecule has 1 N–H and O–H groups in total. The summed E-state index contributed by atoms with van der Waals surface area (Å²) in [6.07, 6.45) is 2.68. The zero-order chi connectivity index (χ0) is 16.3. The number of piperidine rings is 1. The highest BCUT2D eigenvalue weighted by Crippen LogP contribution is 2.17. The fourth-order valence-electron chi connectivity index (χ4n) is 2.59. The van der Waals surface area contributed by atoms with Gasteiger partial charge in [-0.1, -0.05) is 0 Å². The lowest BCUT2D eigenvalue weighted by atomic mass is 9.98. The number of amides is 2. The summed E-state index contributed by atoms with van der Waals surface area (Å²) >= 11 is 0. The van der Waals surface area contributed by atoms with Crippen LogP contribution in [-0.4, -0.2) is 59.4 Å². The predicted molar refractivity (Wildman–Crippen MR) is 77.3 cm³/mol. The van der Waals surface area contributed by atoms with Crippen molar-refractivity contribution >= 4 is 17.8 Å². The molecule has 1 aliphatic rings. The van der Waals surface area contributed by atoms with Crippen molar-refractivity contribution in [1.29, 1.82) is 0 Å². The van der Waals surface area contributed by atoms with Gasteiger partial charge in [0.2, 0.25) is 5.91 Å². The second kappa shape index (κ2) is 6.64. The van der Waals surface area contributed by atoms with Gasteiger partial charge in [-0.15, -0.1) is 0 Å². The van der Waals surface area contributed by atoms with Crippen LogP contribution in [0, 0.1) is 12.8 Å². The summed E-state index contributed by atoms with van der Waals surface area (Å²) in [5.41, 5.74) is 0.428. The van der Waals surface area contributed by atoms with E-state index < -0.39 is 11.9 Å². The first-order valence-electron chi connectivity index (χ1n) is 7.20. The fraction of sp³-hybridized carbons (Fsp3) is 0.533. The van der Waals surface area contributed by atoms with E-state index in [4.69, 9.17) is 9.52 Å². The summed E-state index contributed by atoms with van der Waals surface area (Å²) in [4.78, 5) is 38.3. The molecule has 1 unspecified atom stereocenters. The standard InChI is InChI=1S/C15H20N2O5/c1-10-12(5-7-22-10)14(19)16(2)9-13(18)17-6-3-4-11(8-17)15(20)21/h5,7,11H,3-4,6,8-9H2,1-2H3,(H,20,21). The van der Waals surface area contributed by atoms with E-state index in [1.54, 1.807) is 20.0 Å². The van der Waals surface area contributed by atoms with Crippen molar-refractivity contribution in [2.45, 2.75) is 19.8 Å². The van der Waals surface area contributed by atoms with Crippen LogP contribution in [0.1, 0.15) is 29.0 Å². The average Bonchev–Trinajstić information content (AvgIpc) is 2.92. The van der Waals surface area contributed by atoms with Gasteiger partial charge >= 0.3 is 5.97 Å². The number of likely N-dealkylation sites (tertiary alicyclic amines) is 1. The van der Waals surface area contributed by atoms with Gasteiger partial charge in [0.15, 0.2) is 0 Å². The Bertz CT molecular complexity index is 580. The van der Waals surface area contributed by atoms with E-state index in [0.717, 1.165) is 0 Å². The van der Waals surface area contributed by atoms with Gasteiger partial charge in [-0.2, -0.15) is 0 Å². The van der Waals surface area contributed by atoms with Crippen LogP contribution in [0.4, 0.5) is 0 Å². The van der Waals surface area contributed by atoms with E-state index in [-0.39, 0.29) is 24.9 Å². The number of aliphatic carboxylic acids is 1. The number of hydrogen-bond acceptors (Lipinski definition) is 4. The molecule has 1 atom stereocenters. The number of furan rings is 1. The first-order valence-corrected chi connectivity index (χ1v) is 7.20. The maximum atomic E-state index is 12.3. The smallest absolute Gasteiger partial charge is 0.308 e. The molecule has 0 saturated carbocycles. The topological polar surface area (TPSA) is 91.1 Å². The summed E-state index contributed by atoms with van der Waals surface area (Å²) in [6.45, 7) is 2.36.